The molecule has 1 aromatic rings. The van der Waals surface area contributed by atoms with Gasteiger partial charge in [-0.2, -0.15) is 0 Å². The van der Waals surface area contributed by atoms with E-state index in [4.69, 9.17) is 4.74 Å². The first-order chi connectivity index (χ1) is 14.4. The first kappa shape index (κ1) is 20.2. The average molecular weight is 414 g/mol. The predicted octanol–water partition coefficient (Wildman–Crippen LogP) is 0.844. The summed E-state index contributed by atoms with van der Waals surface area (Å²) >= 11 is 0. The van der Waals surface area contributed by atoms with Crippen LogP contribution in [0.25, 0.3) is 0 Å². The van der Waals surface area contributed by atoms with Gasteiger partial charge in [0, 0.05) is 38.7 Å². The van der Waals surface area contributed by atoms with Gasteiger partial charge in [0.05, 0.1) is 6.54 Å². The monoisotopic (exact) mass is 414 g/mol. The van der Waals surface area contributed by atoms with Crippen LogP contribution in [-0.2, 0) is 9.59 Å². The highest BCUT2D eigenvalue weighted by Crippen LogP contribution is 2.29. The number of nitrogens with one attached hydrogen (secondary N) is 1. The topological polar surface area (TPSA) is 99.3 Å². The minimum Gasteiger partial charge on any atom is -0.492 e. The van der Waals surface area contributed by atoms with Gasteiger partial charge >= 0.3 is 6.03 Å². The minimum absolute atomic E-state index is 0.129. The fourth-order valence-corrected chi connectivity index (χ4v) is 4.30. The zero-order valence-corrected chi connectivity index (χ0v) is 17.1. The van der Waals surface area contributed by atoms with Crippen molar-refractivity contribution in [2.45, 2.75) is 31.2 Å². The lowest BCUT2D eigenvalue weighted by Gasteiger charge is -2.37. The maximum Gasteiger partial charge on any atom is 0.324 e. The summed E-state index contributed by atoms with van der Waals surface area (Å²) in [5.41, 5.74) is -0.375. The van der Waals surface area contributed by atoms with Gasteiger partial charge in [0.15, 0.2) is 0 Å². The zero-order valence-electron chi connectivity index (χ0n) is 17.1. The summed E-state index contributed by atoms with van der Waals surface area (Å²) in [6.45, 7) is 2.47. The van der Waals surface area contributed by atoms with Crippen LogP contribution in [0.4, 0.5) is 4.79 Å². The first-order valence-corrected chi connectivity index (χ1v) is 10.3. The summed E-state index contributed by atoms with van der Waals surface area (Å²) in [5, 5.41) is 2.78. The number of amides is 5. The first-order valence-electron chi connectivity index (χ1n) is 10.3. The standard InChI is InChI=1S/C21H26N4O5/c1-23-19(28)21(22-20(23)29)7-10-25(11-8-21)18(27)15-4-2-5-16(14-15)30-13-12-24-9-3-6-17(24)26/h2,4-5,14H,3,6-13H2,1H3,(H,22,29). The summed E-state index contributed by atoms with van der Waals surface area (Å²) in [6.07, 6.45) is 2.29. The molecule has 30 heavy (non-hydrogen) atoms. The van der Waals surface area contributed by atoms with Crippen molar-refractivity contribution in [3.05, 3.63) is 29.8 Å². The van der Waals surface area contributed by atoms with Crippen LogP contribution in [0.3, 0.4) is 0 Å². The molecule has 9 heteroatoms. The van der Waals surface area contributed by atoms with Crippen molar-refractivity contribution in [2.24, 2.45) is 0 Å². The molecule has 0 radical (unpaired) electrons. The fraction of sp³-hybridized carbons (Fsp3) is 0.524. The molecule has 3 aliphatic heterocycles. The maximum atomic E-state index is 12.9. The van der Waals surface area contributed by atoms with E-state index >= 15 is 0 Å². The van der Waals surface area contributed by atoms with Crippen LogP contribution in [0, 0.1) is 0 Å². The Labute approximate surface area is 174 Å². The summed E-state index contributed by atoms with van der Waals surface area (Å²) in [7, 11) is 1.47. The number of hydrogen-bond acceptors (Lipinski definition) is 5. The lowest BCUT2D eigenvalue weighted by atomic mass is 9.87. The molecule has 3 saturated heterocycles. The van der Waals surface area contributed by atoms with Crippen molar-refractivity contribution >= 4 is 23.8 Å². The van der Waals surface area contributed by atoms with E-state index in [0.29, 0.717) is 56.8 Å². The molecule has 0 saturated carbocycles. The highest BCUT2D eigenvalue weighted by atomic mass is 16.5. The van der Waals surface area contributed by atoms with Gasteiger partial charge in [0.2, 0.25) is 5.91 Å². The Balaban J connectivity index is 1.33. The number of imide groups is 1. The van der Waals surface area contributed by atoms with Crippen molar-refractivity contribution in [1.82, 2.24) is 20.0 Å². The van der Waals surface area contributed by atoms with Gasteiger partial charge in [0.1, 0.15) is 17.9 Å². The molecule has 0 aromatic heterocycles. The zero-order chi connectivity index (χ0) is 21.3. The van der Waals surface area contributed by atoms with E-state index < -0.39 is 5.54 Å². The van der Waals surface area contributed by atoms with Crippen LogP contribution in [0.1, 0.15) is 36.0 Å². The molecule has 4 rings (SSSR count). The molecule has 3 heterocycles. The lowest BCUT2D eigenvalue weighted by Crippen LogP contribution is -2.55. The lowest BCUT2D eigenvalue weighted by molar-refractivity contribution is -0.132. The molecule has 1 aromatic carbocycles. The predicted molar refractivity (Wildman–Crippen MR) is 107 cm³/mol. The second kappa shape index (κ2) is 7.97. The van der Waals surface area contributed by atoms with E-state index in [9.17, 15) is 19.2 Å². The van der Waals surface area contributed by atoms with E-state index in [1.165, 1.54) is 7.05 Å². The summed E-state index contributed by atoms with van der Waals surface area (Å²) in [4.78, 5) is 53.4. The Hall–Kier alpha value is -3.10. The number of carbonyl (C=O) groups is 4. The molecule has 3 fully saturated rings. The van der Waals surface area contributed by atoms with Crippen LogP contribution < -0.4 is 10.1 Å². The minimum atomic E-state index is -0.888. The second-order valence-electron chi connectivity index (χ2n) is 8.03. The Morgan fingerprint density at radius 3 is 2.57 bits per heavy atom. The molecule has 5 amide bonds. The van der Waals surface area contributed by atoms with Gasteiger partial charge in [-0.05, 0) is 37.5 Å². The molecular weight excluding hydrogens is 388 g/mol. The van der Waals surface area contributed by atoms with E-state index in [0.717, 1.165) is 17.9 Å². The van der Waals surface area contributed by atoms with Crippen molar-refractivity contribution in [2.75, 3.05) is 39.8 Å². The van der Waals surface area contributed by atoms with Gasteiger partial charge in [0.25, 0.3) is 11.8 Å². The molecule has 160 valence electrons. The molecule has 0 bridgehead atoms. The number of likely N-dealkylation sites (N-methyl/N-ethyl adjacent to an activating group) is 1. The smallest absolute Gasteiger partial charge is 0.324 e. The molecule has 0 atom stereocenters. The van der Waals surface area contributed by atoms with Crippen LogP contribution in [0.2, 0.25) is 0 Å². The van der Waals surface area contributed by atoms with Crippen molar-refractivity contribution in [3.63, 3.8) is 0 Å². The quantitative estimate of drug-likeness (QED) is 0.720. The number of nitrogens with zero attached hydrogens (tertiary/aromatic N) is 3. The van der Waals surface area contributed by atoms with Crippen molar-refractivity contribution < 1.29 is 23.9 Å². The number of piperidine rings is 1. The van der Waals surface area contributed by atoms with Crippen LogP contribution in [-0.4, -0.2) is 83.8 Å². The molecule has 1 N–H and O–H groups in total. The van der Waals surface area contributed by atoms with Crippen LogP contribution in [0.15, 0.2) is 24.3 Å². The van der Waals surface area contributed by atoms with E-state index in [2.05, 4.69) is 5.32 Å². The third-order valence-corrected chi connectivity index (χ3v) is 6.15. The number of rotatable bonds is 5. The van der Waals surface area contributed by atoms with Gasteiger partial charge in [-0.25, -0.2) is 4.79 Å². The number of likely N-dealkylation sites (tertiary alicyclic amines) is 2. The normalized spacial score (nSPS) is 20.8. The molecule has 9 nitrogen and oxygen atoms in total. The summed E-state index contributed by atoms with van der Waals surface area (Å²) < 4.78 is 5.75. The highest BCUT2D eigenvalue weighted by Gasteiger charge is 2.51. The van der Waals surface area contributed by atoms with E-state index in [1.807, 2.05) is 0 Å². The molecule has 3 aliphatic rings. The molecular formula is C21H26N4O5. The Morgan fingerprint density at radius 2 is 1.93 bits per heavy atom. The Morgan fingerprint density at radius 1 is 1.17 bits per heavy atom. The molecule has 0 unspecified atom stereocenters. The second-order valence-corrected chi connectivity index (χ2v) is 8.03. The molecule has 1 spiro atoms. The number of carbonyl (C=O) groups excluding carboxylic acids is 4. The maximum absolute atomic E-state index is 12.9. The fourth-order valence-electron chi connectivity index (χ4n) is 4.30. The van der Waals surface area contributed by atoms with E-state index in [1.54, 1.807) is 34.1 Å². The Bertz CT molecular complexity index is 878. The largest absolute Gasteiger partial charge is 0.492 e. The van der Waals surface area contributed by atoms with Crippen molar-refractivity contribution in [3.8, 4) is 5.75 Å². The van der Waals surface area contributed by atoms with Gasteiger partial charge in [-0.3, -0.25) is 19.3 Å². The Kier molecular flexibility index (Phi) is 5.36. The average Bonchev–Trinajstić information content (AvgIpc) is 3.25. The summed E-state index contributed by atoms with van der Waals surface area (Å²) in [6, 6.07) is 6.61. The van der Waals surface area contributed by atoms with E-state index in [-0.39, 0.29) is 23.8 Å². The van der Waals surface area contributed by atoms with Crippen molar-refractivity contribution in [1.29, 1.82) is 0 Å². The SMILES string of the molecule is CN1C(=O)NC2(CCN(C(=O)c3cccc(OCCN4CCCC4=O)c3)CC2)C1=O. The molecule has 0 aliphatic carbocycles. The summed E-state index contributed by atoms with van der Waals surface area (Å²) in [5.74, 6) is 0.385. The number of ether oxygens (including phenoxy) is 1. The third kappa shape index (κ3) is 3.71. The van der Waals surface area contributed by atoms with Gasteiger partial charge in [-0.1, -0.05) is 6.07 Å². The number of urea groups is 1. The van der Waals surface area contributed by atoms with Crippen LogP contribution in [0.5, 0.6) is 5.75 Å². The van der Waals surface area contributed by atoms with Gasteiger partial charge < -0.3 is 19.9 Å². The van der Waals surface area contributed by atoms with Crippen LogP contribution >= 0.6 is 0 Å². The number of hydrogen-bond donors (Lipinski definition) is 1. The van der Waals surface area contributed by atoms with Gasteiger partial charge in [-0.15, -0.1) is 0 Å². The third-order valence-electron chi connectivity index (χ3n) is 6.15. The highest BCUT2D eigenvalue weighted by molar-refractivity contribution is 6.07. The number of benzene rings is 1.